The van der Waals surface area contributed by atoms with Gasteiger partial charge in [-0.2, -0.15) is 5.10 Å². The second kappa shape index (κ2) is 5.93. The maximum atomic E-state index is 13.3. The molecule has 1 unspecified atom stereocenters. The van der Waals surface area contributed by atoms with Crippen molar-refractivity contribution in [3.05, 3.63) is 52.9 Å². The number of halogens is 1. The Kier molecular flexibility index (Phi) is 4.01. The topological polar surface area (TPSA) is 55.9 Å². The molecule has 2 aromatic heterocycles. The Morgan fingerprint density at radius 3 is 3.00 bits per heavy atom. The molecule has 2 heterocycles. The van der Waals surface area contributed by atoms with Crippen LogP contribution >= 0.6 is 11.3 Å². The Labute approximate surface area is 126 Å². The summed E-state index contributed by atoms with van der Waals surface area (Å²) in [6.45, 7) is 2.96. The number of hydrazine groups is 1. The Bertz CT molecular complexity index is 749. The van der Waals surface area contributed by atoms with Crippen LogP contribution in [0.4, 0.5) is 4.39 Å². The van der Waals surface area contributed by atoms with Crippen molar-refractivity contribution in [1.82, 2.24) is 15.2 Å². The second-order valence-corrected chi connectivity index (χ2v) is 6.03. The van der Waals surface area contributed by atoms with Crippen molar-refractivity contribution in [2.75, 3.05) is 0 Å². The van der Waals surface area contributed by atoms with Gasteiger partial charge in [-0.25, -0.2) is 9.82 Å². The van der Waals surface area contributed by atoms with Crippen LogP contribution in [-0.2, 0) is 6.54 Å². The molecule has 1 aromatic carbocycles. The fourth-order valence-electron chi connectivity index (χ4n) is 2.48. The van der Waals surface area contributed by atoms with Gasteiger partial charge in [0.1, 0.15) is 5.82 Å². The van der Waals surface area contributed by atoms with E-state index >= 15 is 0 Å². The summed E-state index contributed by atoms with van der Waals surface area (Å²) in [5, 5.41) is 5.23. The summed E-state index contributed by atoms with van der Waals surface area (Å²) in [6, 6.07) is 8.64. The van der Waals surface area contributed by atoms with E-state index in [2.05, 4.69) is 17.4 Å². The number of fused-ring (bicyclic) bond motifs is 1. The van der Waals surface area contributed by atoms with Crippen LogP contribution in [0, 0.1) is 5.82 Å². The highest BCUT2D eigenvalue weighted by molar-refractivity contribution is 7.19. The van der Waals surface area contributed by atoms with Gasteiger partial charge >= 0.3 is 0 Å². The number of nitrogens with zero attached hydrogens (tertiary/aromatic N) is 2. The van der Waals surface area contributed by atoms with Gasteiger partial charge in [0.15, 0.2) is 0 Å². The normalized spacial score (nSPS) is 12.9. The van der Waals surface area contributed by atoms with Crippen molar-refractivity contribution < 1.29 is 4.39 Å². The van der Waals surface area contributed by atoms with Crippen LogP contribution in [0.1, 0.15) is 30.0 Å². The molecule has 0 radical (unpaired) electrons. The first-order valence-electron chi connectivity index (χ1n) is 6.89. The molecule has 110 valence electrons. The number of rotatable bonds is 5. The molecule has 4 nitrogen and oxygen atoms in total. The Balaban J connectivity index is 2.03. The molecule has 0 aliphatic heterocycles. The zero-order chi connectivity index (χ0) is 14.8. The summed E-state index contributed by atoms with van der Waals surface area (Å²) < 4.78 is 16.3. The maximum Gasteiger partial charge on any atom is 0.123 e. The lowest BCUT2D eigenvalue weighted by Crippen LogP contribution is -2.30. The number of thiophene rings is 1. The molecular formula is C15H17FN4S. The molecule has 3 N–H and O–H groups in total. The molecule has 0 amide bonds. The molecule has 0 bridgehead atoms. The summed E-state index contributed by atoms with van der Waals surface area (Å²) in [5.41, 5.74) is 3.87. The third kappa shape index (κ3) is 2.70. The van der Waals surface area contributed by atoms with Gasteiger partial charge in [0.25, 0.3) is 0 Å². The van der Waals surface area contributed by atoms with Gasteiger partial charge < -0.3 is 0 Å². The van der Waals surface area contributed by atoms with E-state index in [4.69, 9.17) is 5.84 Å². The van der Waals surface area contributed by atoms with Gasteiger partial charge in [-0.05, 0) is 42.1 Å². The average molecular weight is 304 g/mol. The molecular weight excluding hydrogens is 287 g/mol. The quantitative estimate of drug-likeness (QED) is 0.562. The van der Waals surface area contributed by atoms with E-state index in [-0.39, 0.29) is 11.9 Å². The molecule has 0 fully saturated rings. The fourth-order valence-corrected chi connectivity index (χ4v) is 3.60. The number of benzene rings is 1. The minimum absolute atomic E-state index is 0.139. The summed E-state index contributed by atoms with van der Waals surface area (Å²) in [7, 11) is 0. The number of nitrogens with one attached hydrogen (secondary N) is 1. The first-order valence-corrected chi connectivity index (χ1v) is 7.71. The van der Waals surface area contributed by atoms with Crippen LogP contribution in [0.3, 0.4) is 0 Å². The SMILES string of the molecule is CCCn1nccc1C(NN)c1cc2cc(F)ccc2s1. The van der Waals surface area contributed by atoms with E-state index in [1.165, 1.54) is 6.07 Å². The van der Waals surface area contributed by atoms with Crippen molar-refractivity contribution in [2.45, 2.75) is 25.9 Å². The van der Waals surface area contributed by atoms with Crippen LogP contribution in [0.25, 0.3) is 10.1 Å². The van der Waals surface area contributed by atoms with Gasteiger partial charge in [-0.3, -0.25) is 10.5 Å². The van der Waals surface area contributed by atoms with E-state index in [9.17, 15) is 4.39 Å². The molecule has 0 saturated heterocycles. The molecule has 1 atom stereocenters. The highest BCUT2D eigenvalue weighted by Gasteiger charge is 2.19. The van der Waals surface area contributed by atoms with Crippen LogP contribution in [-0.4, -0.2) is 9.78 Å². The molecule has 0 spiro atoms. The summed E-state index contributed by atoms with van der Waals surface area (Å²) >= 11 is 1.61. The smallest absolute Gasteiger partial charge is 0.123 e. The van der Waals surface area contributed by atoms with E-state index in [0.29, 0.717) is 0 Å². The number of aromatic nitrogens is 2. The van der Waals surface area contributed by atoms with Crippen LogP contribution in [0.2, 0.25) is 0 Å². The predicted molar refractivity (Wildman–Crippen MR) is 83.5 cm³/mol. The van der Waals surface area contributed by atoms with Gasteiger partial charge in [-0.1, -0.05) is 6.92 Å². The maximum absolute atomic E-state index is 13.3. The molecule has 0 aliphatic rings. The molecule has 0 saturated carbocycles. The van der Waals surface area contributed by atoms with Crippen molar-refractivity contribution >= 4 is 21.4 Å². The minimum atomic E-state index is -0.222. The number of nitrogens with two attached hydrogens (primary N) is 1. The summed E-state index contributed by atoms with van der Waals surface area (Å²) in [4.78, 5) is 1.05. The lowest BCUT2D eigenvalue weighted by molar-refractivity contribution is 0.524. The Hall–Kier alpha value is -1.76. The van der Waals surface area contributed by atoms with E-state index < -0.39 is 0 Å². The standard InChI is InChI=1S/C15H17FN4S/c1-2-7-20-12(5-6-18-20)15(19-17)14-9-10-8-11(16)3-4-13(10)21-14/h3-6,8-9,15,19H,2,7,17H2,1H3. The molecule has 3 aromatic rings. The third-order valence-corrected chi connectivity index (χ3v) is 4.61. The van der Waals surface area contributed by atoms with Crippen LogP contribution in [0.15, 0.2) is 36.5 Å². The Morgan fingerprint density at radius 2 is 2.24 bits per heavy atom. The van der Waals surface area contributed by atoms with E-state index in [1.807, 2.05) is 16.8 Å². The van der Waals surface area contributed by atoms with Crippen molar-refractivity contribution in [3.8, 4) is 0 Å². The third-order valence-electron chi connectivity index (χ3n) is 3.43. The van der Waals surface area contributed by atoms with Crippen LogP contribution < -0.4 is 11.3 Å². The largest absolute Gasteiger partial charge is 0.270 e. The van der Waals surface area contributed by atoms with E-state index in [0.717, 1.165) is 33.6 Å². The lowest BCUT2D eigenvalue weighted by Gasteiger charge is -2.16. The van der Waals surface area contributed by atoms with Gasteiger partial charge in [0.2, 0.25) is 0 Å². The highest BCUT2D eigenvalue weighted by Crippen LogP contribution is 2.33. The lowest BCUT2D eigenvalue weighted by atomic mass is 10.1. The van der Waals surface area contributed by atoms with Crippen LogP contribution in [0.5, 0.6) is 0 Å². The molecule has 3 rings (SSSR count). The zero-order valence-electron chi connectivity index (χ0n) is 11.7. The molecule has 21 heavy (non-hydrogen) atoms. The molecule has 0 aliphatic carbocycles. The first-order chi connectivity index (χ1) is 10.2. The van der Waals surface area contributed by atoms with Gasteiger partial charge in [0.05, 0.1) is 11.7 Å². The van der Waals surface area contributed by atoms with Gasteiger partial charge in [-0.15, -0.1) is 11.3 Å². The predicted octanol–water partition coefficient (Wildman–Crippen LogP) is 3.20. The number of hydrogen-bond donors (Lipinski definition) is 2. The van der Waals surface area contributed by atoms with E-state index in [1.54, 1.807) is 29.7 Å². The fraction of sp³-hybridized carbons (Fsp3) is 0.267. The first kappa shape index (κ1) is 14.2. The number of aryl methyl sites for hydroxylation is 1. The van der Waals surface area contributed by atoms with Crippen molar-refractivity contribution in [1.29, 1.82) is 0 Å². The highest BCUT2D eigenvalue weighted by atomic mass is 32.1. The summed E-state index contributed by atoms with van der Waals surface area (Å²) in [6.07, 6.45) is 2.78. The average Bonchev–Trinajstić information content (AvgIpc) is 3.07. The minimum Gasteiger partial charge on any atom is -0.270 e. The van der Waals surface area contributed by atoms with Crippen molar-refractivity contribution in [3.63, 3.8) is 0 Å². The monoisotopic (exact) mass is 304 g/mol. The zero-order valence-corrected chi connectivity index (χ0v) is 12.5. The van der Waals surface area contributed by atoms with Crippen molar-refractivity contribution in [2.24, 2.45) is 5.84 Å². The number of hydrogen-bond acceptors (Lipinski definition) is 4. The second-order valence-electron chi connectivity index (χ2n) is 4.91. The molecule has 6 heteroatoms. The summed E-state index contributed by atoms with van der Waals surface area (Å²) in [5.74, 6) is 5.53. The Morgan fingerprint density at radius 1 is 1.38 bits per heavy atom. The van der Waals surface area contributed by atoms with Gasteiger partial charge in [0, 0.05) is 22.3 Å².